The van der Waals surface area contributed by atoms with Gasteiger partial charge in [-0.3, -0.25) is 4.79 Å². The number of furan rings is 1. The van der Waals surface area contributed by atoms with E-state index in [1.54, 1.807) is 6.92 Å². The van der Waals surface area contributed by atoms with Crippen LogP contribution >= 0.6 is 0 Å². The molecule has 0 saturated heterocycles. The van der Waals surface area contributed by atoms with Gasteiger partial charge in [0.25, 0.3) is 5.91 Å². The van der Waals surface area contributed by atoms with E-state index >= 15 is 0 Å². The first kappa shape index (κ1) is 13.2. The van der Waals surface area contributed by atoms with Crippen LogP contribution in [-0.2, 0) is 0 Å². The Balaban J connectivity index is 1.68. The van der Waals surface area contributed by atoms with Crippen LogP contribution < -0.4 is 5.32 Å². The van der Waals surface area contributed by atoms with E-state index in [0.717, 1.165) is 19.3 Å². The second-order valence-electron chi connectivity index (χ2n) is 6.19. The van der Waals surface area contributed by atoms with Crippen LogP contribution in [0.25, 0.3) is 0 Å². The summed E-state index contributed by atoms with van der Waals surface area (Å²) in [6.45, 7) is 1.69. The Kier molecular flexibility index (Phi) is 3.07. The van der Waals surface area contributed by atoms with Crippen molar-refractivity contribution < 1.29 is 19.1 Å². The van der Waals surface area contributed by atoms with Crippen LogP contribution in [0.5, 0.6) is 0 Å². The van der Waals surface area contributed by atoms with E-state index < -0.39 is 5.97 Å². The highest BCUT2D eigenvalue weighted by molar-refractivity contribution is 5.95. The van der Waals surface area contributed by atoms with Gasteiger partial charge in [0.1, 0.15) is 0 Å². The molecule has 5 heteroatoms. The normalized spacial score (nSPS) is 23.6. The zero-order valence-electron chi connectivity index (χ0n) is 11.6. The predicted octanol–water partition coefficient (Wildman–Crippen LogP) is 2.74. The van der Waals surface area contributed by atoms with E-state index in [1.807, 2.05) is 0 Å². The van der Waals surface area contributed by atoms with Gasteiger partial charge in [-0.1, -0.05) is 6.42 Å². The molecule has 2 saturated carbocycles. The molecule has 1 unspecified atom stereocenters. The maximum absolute atomic E-state index is 12.2. The van der Waals surface area contributed by atoms with Crippen molar-refractivity contribution in [2.24, 2.45) is 5.41 Å². The number of carboxylic acid groups (broad SMARTS) is 1. The molecule has 2 fully saturated rings. The fourth-order valence-electron chi connectivity index (χ4n) is 3.27. The second kappa shape index (κ2) is 4.65. The van der Waals surface area contributed by atoms with Crippen molar-refractivity contribution in [2.75, 3.05) is 0 Å². The van der Waals surface area contributed by atoms with Gasteiger partial charge >= 0.3 is 5.97 Å². The molecule has 1 atom stereocenters. The fourth-order valence-corrected chi connectivity index (χ4v) is 3.27. The van der Waals surface area contributed by atoms with Crippen LogP contribution in [0.2, 0.25) is 0 Å². The van der Waals surface area contributed by atoms with E-state index in [0.29, 0.717) is 11.0 Å². The van der Waals surface area contributed by atoms with Gasteiger partial charge in [-0.25, -0.2) is 4.79 Å². The van der Waals surface area contributed by atoms with E-state index in [-0.39, 0.29) is 23.5 Å². The van der Waals surface area contributed by atoms with Crippen LogP contribution in [0.3, 0.4) is 0 Å². The first-order valence-corrected chi connectivity index (χ1v) is 7.14. The lowest BCUT2D eigenvalue weighted by molar-refractivity contribution is 0.0659. The molecule has 108 valence electrons. The lowest BCUT2D eigenvalue weighted by Crippen LogP contribution is -2.39. The molecule has 0 bridgehead atoms. The predicted molar refractivity (Wildman–Crippen MR) is 71.8 cm³/mol. The van der Waals surface area contributed by atoms with Crippen LogP contribution in [-0.4, -0.2) is 23.0 Å². The molecule has 1 heterocycles. The lowest BCUT2D eigenvalue weighted by Gasteiger charge is -2.29. The van der Waals surface area contributed by atoms with Gasteiger partial charge in [-0.05, 0) is 50.5 Å². The topological polar surface area (TPSA) is 79.5 Å². The molecule has 3 rings (SSSR count). The standard InChI is InChI=1S/C15H19NO4/c1-9-7-11(14(18)19)20-12(9)13(17)16-10-3-2-4-15(8-10)5-6-15/h7,10H,2-6,8H2,1H3,(H,16,17)(H,18,19). The molecule has 1 aromatic rings. The number of hydrogen-bond acceptors (Lipinski definition) is 3. The molecule has 0 radical (unpaired) electrons. The highest BCUT2D eigenvalue weighted by Gasteiger charge is 2.46. The molecule has 0 aromatic carbocycles. The number of aryl methyl sites for hydroxylation is 1. The SMILES string of the molecule is Cc1cc(C(=O)O)oc1C(=O)NC1CCCC2(CC2)C1. The average Bonchev–Trinajstić information content (AvgIpc) is 2.99. The van der Waals surface area contributed by atoms with Gasteiger partial charge in [0.2, 0.25) is 5.76 Å². The number of aromatic carboxylic acids is 1. The number of hydrogen-bond donors (Lipinski definition) is 2. The van der Waals surface area contributed by atoms with Crippen LogP contribution in [0.15, 0.2) is 10.5 Å². The van der Waals surface area contributed by atoms with Gasteiger partial charge in [-0.15, -0.1) is 0 Å². The molecule has 0 aliphatic heterocycles. The Bertz CT molecular complexity index is 556. The zero-order chi connectivity index (χ0) is 14.3. The quantitative estimate of drug-likeness (QED) is 0.890. The second-order valence-corrected chi connectivity index (χ2v) is 6.19. The Labute approximate surface area is 117 Å². The Hall–Kier alpha value is -1.78. The highest BCUT2D eigenvalue weighted by atomic mass is 16.4. The van der Waals surface area contributed by atoms with Crippen molar-refractivity contribution in [1.82, 2.24) is 5.32 Å². The van der Waals surface area contributed by atoms with E-state index in [1.165, 1.54) is 25.3 Å². The third-order valence-electron chi connectivity index (χ3n) is 4.57. The monoisotopic (exact) mass is 277 g/mol. The number of rotatable bonds is 3. The third kappa shape index (κ3) is 2.44. The summed E-state index contributed by atoms with van der Waals surface area (Å²) in [6, 6.07) is 1.58. The Morgan fingerprint density at radius 3 is 2.75 bits per heavy atom. The van der Waals surface area contributed by atoms with Crippen LogP contribution in [0.1, 0.15) is 65.2 Å². The summed E-state index contributed by atoms with van der Waals surface area (Å²) in [5.41, 5.74) is 1.05. The minimum atomic E-state index is -1.15. The van der Waals surface area contributed by atoms with Crippen molar-refractivity contribution in [3.63, 3.8) is 0 Å². The molecule has 2 aliphatic rings. The minimum Gasteiger partial charge on any atom is -0.475 e. The maximum Gasteiger partial charge on any atom is 0.371 e. The van der Waals surface area contributed by atoms with Gasteiger partial charge in [0.05, 0.1) is 0 Å². The molecule has 20 heavy (non-hydrogen) atoms. The Morgan fingerprint density at radius 1 is 1.40 bits per heavy atom. The number of amides is 1. The van der Waals surface area contributed by atoms with Crippen molar-refractivity contribution in [3.8, 4) is 0 Å². The van der Waals surface area contributed by atoms with E-state index in [2.05, 4.69) is 5.32 Å². The summed E-state index contributed by atoms with van der Waals surface area (Å²) in [5.74, 6) is -1.51. The number of carbonyl (C=O) groups excluding carboxylic acids is 1. The molecule has 2 aliphatic carbocycles. The smallest absolute Gasteiger partial charge is 0.371 e. The van der Waals surface area contributed by atoms with Crippen LogP contribution in [0.4, 0.5) is 0 Å². The summed E-state index contributed by atoms with van der Waals surface area (Å²) >= 11 is 0. The Morgan fingerprint density at radius 2 is 2.15 bits per heavy atom. The largest absolute Gasteiger partial charge is 0.475 e. The molecule has 1 amide bonds. The molecule has 2 N–H and O–H groups in total. The first-order chi connectivity index (χ1) is 9.49. The molecular formula is C15H19NO4. The highest BCUT2D eigenvalue weighted by Crippen LogP contribution is 2.56. The molecular weight excluding hydrogens is 258 g/mol. The molecule has 1 aromatic heterocycles. The van der Waals surface area contributed by atoms with Crippen molar-refractivity contribution in [1.29, 1.82) is 0 Å². The van der Waals surface area contributed by atoms with Crippen molar-refractivity contribution >= 4 is 11.9 Å². The number of carboxylic acids is 1. The maximum atomic E-state index is 12.2. The van der Waals surface area contributed by atoms with Gasteiger partial charge < -0.3 is 14.8 Å². The zero-order valence-corrected chi connectivity index (χ0v) is 11.6. The molecule has 5 nitrogen and oxygen atoms in total. The van der Waals surface area contributed by atoms with Gasteiger partial charge in [0, 0.05) is 11.6 Å². The van der Waals surface area contributed by atoms with Gasteiger partial charge in [0.15, 0.2) is 5.76 Å². The summed E-state index contributed by atoms with van der Waals surface area (Å²) in [6.07, 6.45) is 7.04. The van der Waals surface area contributed by atoms with Crippen molar-refractivity contribution in [2.45, 2.75) is 51.5 Å². The van der Waals surface area contributed by atoms with Gasteiger partial charge in [-0.2, -0.15) is 0 Å². The summed E-state index contributed by atoms with van der Waals surface area (Å²) < 4.78 is 5.14. The summed E-state index contributed by atoms with van der Waals surface area (Å²) in [4.78, 5) is 23.1. The first-order valence-electron chi connectivity index (χ1n) is 7.14. The average molecular weight is 277 g/mol. The molecule has 1 spiro atoms. The number of nitrogens with one attached hydrogen (secondary N) is 1. The van der Waals surface area contributed by atoms with E-state index in [9.17, 15) is 9.59 Å². The third-order valence-corrected chi connectivity index (χ3v) is 4.57. The fraction of sp³-hybridized carbons (Fsp3) is 0.600. The lowest BCUT2D eigenvalue weighted by atomic mass is 9.83. The van der Waals surface area contributed by atoms with Crippen molar-refractivity contribution in [3.05, 3.63) is 23.2 Å². The summed E-state index contributed by atoms with van der Waals surface area (Å²) in [5, 5.41) is 11.9. The minimum absolute atomic E-state index is 0.123. The van der Waals surface area contributed by atoms with Crippen LogP contribution in [0, 0.1) is 12.3 Å². The van der Waals surface area contributed by atoms with E-state index in [4.69, 9.17) is 9.52 Å². The number of carbonyl (C=O) groups is 2. The summed E-state index contributed by atoms with van der Waals surface area (Å²) in [7, 11) is 0.